The number of hydrogen-bond donors (Lipinski definition) is 1. The van der Waals surface area contributed by atoms with Crippen LogP contribution in [0.2, 0.25) is 5.02 Å². The molecule has 5 rings (SSSR count). The Morgan fingerprint density at radius 1 is 1.03 bits per heavy atom. The number of imidazole rings is 1. The molecular weight excluding hydrogens is 474 g/mol. The first-order valence-corrected chi connectivity index (χ1v) is 12.3. The molecular formula is C27H26ClN7O. The van der Waals surface area contributed by atoms with Crippen molar-refractivity contribution in [3.05, 3.63) is 99.3 Å². The molecule has 9 heteroatoms. The quantitative estimate of drug-likeness (QED) is 0.315. The van der Waals surface area contributed by atoms with Crippen LogP contribution in [0.15, 0.2) is 71.8 Å². The Bertz CT molecular complexity index is 1520. The van der Waals surface area contributed by atoms with Crippen molar-refractivity contribution < 1.29 is 0 Å². The standard InChI is InChI=1S/C27H26ClN7O/c1-3-4-9-20-17-35(25-18(2)8-7-12-23(25)28)27(36)34(20)16-19-13-14-24(29-15-19)21-10-5-6-11-22(21)26-30-32-33-31-26/h5-8,10-15,17H,3-4,9,16H2,1-2H3,(H,30,31,32,33). The number of aromatic nitrogens is 7. The van der Waals surface area contributed by atoms with Crippen LogP contribution in [0.4, 0.5) is 0 Å². The highest BCUT2D eigenvalue weighted by Gasteiger charge is 2.17. The zero-order valence-corrected chi connectivity index (χ0v) is 20.9. The fourth-order valence-electron chi connectivity index (χ4n) is 4.38. The van der Waals surface area contributed by atoms with Crippen LogP contribution in [0.1, 0.15) is 36.6 Å². The first-order chi connectivity index (χ1) is 17.6. The molecule has 3 aromatic heterocycles. The van der Waals surface area contributed by atoms with Crippen molar-refractivity contribution in [3.8, 4) is 28.3 Å². The minimum absolute atomic E-state index is 0.108. The van der Waals surface area contributed by atoms with Crippen LogP contribution in [0.5, 0.6) is 0 Å². The van der Waals surface area contributed by atoms with Gasteiger partial charge in [0.2, 0.25) is 5.82 Å². The average molecular weight is 500 g/mol. The summed E-state index contributed by atoms with van der Waals surface area (Å²) in [5, 5.41) is 14.9. The first kappa shape index (κ1) is 23.7. The van der Waals surface area contributed by atoms with Gasteiger partial charge in [0.15, 0.2) is 0 Å². The average Bonchev–Trinajstić information content (AvgIpc) is 3.53. The van der Waals surface area contributed by atoms with Crippen molar-refractivity contribution in [2.75, 3.05) is 0 Å². The molecule has 0 aliphatic rings. The van der Waals surface area contributed by atoms with Gasteiger partial charge in [-0.25, -0.2) is 4.79 Å². The number of nitrogens with one attached hydrogen (secondary N) is 1. The summed E-state index contributed by atoms with van der Waals surface area (Å²) in [7, 11) is 0. The second-order valence-electron chi connectivity index (χ2n) is 8.70. The smallest absolute Gasteiger partial charge is 0.292 e. The molecule has 0 spiro atoms. The maximum atomic E-state index is 13.6. The Morgan fingerprint density at radius 3 is 2.56 bits per heavy atom. The number of halogens is 1. The van der Waals surface area contributed by atoms with Crippen LogP contribution in [-0.2, 0) is 13.0 Å². The highest BCUT2D eigenvalue weighted by atomic mass is 35.5. The predicted octanol–water partition coefficient (Wildman–Crippen LogP) is 5.23. The van der Waals surface area contributed by atoms with Crippen molar-refractivity contribution in [1.29, 1.82) is 0 Å². The summed E-state index contributed by atoms with van der Waals surface area (Å²) < 4.78 is 3.49. The van der Waals surface area contributed by atoms with E-state index in [0.29, 0.717) is 17.4 Å². The molecule has 36 heavy (non-hydrogen) atoms. The minimum Gasteiger partial charge on any atom is -0.292 e. The van der Waals surface area contributed by atoms with E-state index < -0.39 is 0 Å². The Balaban J connectivity index is 1.49. The van der Waals surface area contributed by atoms with Crippen LogP contribution in [-0.4, -0.2) is 34.7 Å². The van der Waals surface area contributed by atoms with Crippen LogP contribution in [0, 0.1) is 6.92 Å². The number of aryl methyl sites for hydroxylation is 2. The van der Waals surface area contributed by atoms with Crippen molar-refractivity contribution in [2.45, 2.75) is 39.7 Å². The molecule has 0 unspecified atom stereocenters. The third-order valence-electron chi connectivity index (χ3n) is 6.23. The fraction of sp³-hybridized carbons (Fsp3) is 0.222. The molecule has 0 saturated carbocycles. The summed E-state index contributed by atoms with van der Waals surface area (Å²) in [4.78, 5) is 18.3. The normalized spacial score (nSPS) is 11.2. The van der Waals surface area contributed by atoms with Crippen LogP contribution in [0.3, 0.4) is 0 Å². The molecule has 1 N–H and O–H groups in total. The number of benzene rings is 2. The van der Waals surface area contributed by atoms with Gasteiger partial charge in [0.1, 0.15) is 0 Å². The molecule has 0 atom stereocenters. The summed E-state index contributed by atoms with van der Waals surface area (Å²) in [5.74, 6) is 0.514. The number of pyridine rings is 1. The molecule has 5 aromatic rings. The number of aromatic amines is 1. The molecule has 0 radical (unpaired) electrons. The molecule has 182 valence electrons. The largest absolute Gasteiger partial charge is 0.333 e. The molecule has 0 saturated heterocycles. The number of para-hydroxylation sites is 1. The number of hydrogen-bond acceptors (Lipinski definition) is 5. The second kappa shape index (κ2) is 10.3. The molecule has 0 bridgehead atoms. The first-order valence-electron chi connectivity index (χ1n) is 11.9. The lowest BCUT2D eigenvalue weighted by Gasteiger charge is -2.10. The highest BCUT2D eigenvalue weighted by Crippen LogP contribution is 2.28. The van der Waals surface area contributed by atoms with Crippen molar-refractivity contribution in [3.63, 3.8) is 0 Å². The van der Waals surface area contributed by atoms with Gasteiger partial charge in [-0.3, -0.25) is 14.1 Å². The van der Waals surface area contributed by atoms with E-state index in [0.717, 1.165) is 58.6 Å². The van der Waals surface area contributed by atoms with Gasteiger partial charge >= 0.3 is 5.69 Å². The van der Waals surface area contributed by atoms with E-state index in [4.69, 9.17) is 16.6 Å². The lowest BCUT2D eigenvalue weighted by atomic mass is 10.0. The molecule has 0 aliphatic heterocycles. The molecule has 2 aromatic carbocycles. The maximum Gasteiger partial charge on any atom is 0.333 e. The molecule has 8 nitrogen and oxygen atoms in total. The predicted molar refractivity (Wildman–Crippen MR) is 140 cm³/mol. The monoisotopic (exact) mass is 499 g/mol. The van der Waals surface area contributed by atoms with Gasteiger partial charge in [-0.15, -0.1) is 10.2 Å². The number of rotatable bonds is 8. The SMILES string of the molecule is CCCCc1cn(-c2c(C)cccc2Cl)c(=O)n1Cc1ccc(-c2ccccc2-c2nn[nH]n2)nc1. The van der Waals surface area contributed by atoms with E-state index in [-0.39, 0.29) is 5.69 Å². The van der Waals surface area contributed by atoms with E-state index in [1.165, 1.54) is 0 Å². The summed E-state index contributed by atoms with van der Waals surface area (Å²) in [5.41, 5.74) is 6.04. The van der Waals surface area contributed by atoms with Crippen LogP contribution in [0.25, 0.3) is 28.3 Å². The maximum absolute atomic E-state index is 13.6. The number of unbranched alkanes of at least 4 members (excludes halogenated alkanes) is 1. The summed E-state index contributed by atoms with van der Waals surface area (Å²) in [6.45, 7) is 4.53. The lowest BCUT2D eigenvalue weighted by molar-refractivity contribution is 0.672. The van der Waals surface area contributed by atoms with E-state index in [9.17, 15) is 4.79 Å². The van der Waals surface area contributed by atoms with Gasteiger partial charge in [0, 0.05) is 29.2 Å². The second-order valence-corrected chi connectivity index (χ2v) is 9.11. The van der Waals surface area contributed by atoms with Crippen molar-refractivity contribution >= 4 is 11.6 Å². The van der Waals surface area contributed by atoms with Gasteiger partial charge in [-0.1, -0.05) is 67.4 Å². The topological polar surface area (TPSA) is 94.3 Å². The van der Waals surface area contributed by atoms with Gasteiger partial charge in [-0.2, -0.15) is 5.21 Å². The summed E-state index contributed by atoms with van der Waals surface area (Å²) in [6, 6.07) is 17.4. The van der Waals surface area contributed by atoms with E-state index in [1.807, 2.05) is 78.5 Å². The van der Waals surface area contributed by atoms with Crippen molar-refractivity contribution in [2.24, 2.45) is 0 Å². The third-order valence-corrected chi connectivity index (χ3v) is 6.54. The van der Waals surface area contributed by atoms with Gasteiger partial charge in [0.25, 0.3) is 0 Å². The molecule has 3 heterocycles. The van der Waals surface area contributed by atoms with E-state index in [1.54, 1.807) is 4.57 Å². The van der Waals surface area contributed by atoms with E-state index in [2.05, 4.69) is 27.5 Å². The van der Waals surface area contributed by atoms with Crippen molar-refractivity contribution in [1.82, 2.24) is 34.7 Å². The van der Waals surface area contributed by atoms with Crippen LogP contribution < -0.4 is 5.69 Å². The fourth-order valence-corrected chi connectivity index (χ4v) is 4.69. The molecule has 0 fully saturated rings. The number of nitrogens with zero attached hydrogens (tertiary/aromatic N) is 6. The minimum atomic E-state index is -0.108. The number of H-pyrrole nitrogens is 1. The Kier molecular flexibility index (Phi) is 6.77. The summed E-state index contributed by atoms with van der Waals surface area (Å²) >= 11 is 6.49. The highest BCUT2D eigenvalue weighted by molar-refractivity contribution is 6.32. The van der Waals surface area contributed by atoms with Crippen LogP contribution >= 0.6 is 11.6 Å². The third kappa shape index (κ3) is 4.59. The Labute approximate surface area is 213 Å². The summed E-state index contributed by atoms with van der Waals surface area (Å²) in [6.07, 6.45) is 6.59. The molecule has 0 amide bonds. The van der Waals surface area contributed by atoms with Gasteiger partial charge < -0.3 is 0 Å². The zero-order chi connectivity index (χ0) is 25.1. The van der Waals surface area contributed by atoms with E-state index >= 15 is 0 Å². The van der Waals surface area contributed by atoms with Gasteiger partial charge in [-0.05, 0) is 48.2 Å². The lowest BCUT2D eigenvalue weighted by Crippen LogP contribution is -2.25. The molecule has 0 aliphatic carbocycles. The van der Waals surface area contributed by atoms with Gasteiger partial charge in [0.05, 0.1) is 22.9 Å². The number of tetrazole rings is 1. The zero-order valence-electron chi connectivity index (χ0n) is 20.1. The Morgan fingerprint density at radius 2 is 1.86 bits per heavy atom. The Hall–Kier alpha value is -4.04.